The molecule has 94 valence electrons. The quantitative estimate of drug-likeness (QED) is 0.422. The highest BCUT2D eigenvalue weighted by atomic mass is 32.2. The molecule has 1 atom stereocenters. The molecule has 0 spiro atoms. The molecule has 6 heteroatoms. The minimum atomic E-state index is -0.818. The molecule has 0 aromatic rings. The number of esters is 1. The number of rotatable bonds is 7. The molecule has 1 unspecified atom stereocenters. The van der Waals surface area contributed by atoms with Crippen LogP contribution in [0.15, 0.2) is 0 Å². The normalized spacial score (nSPS) is 11.9. The summed E-state index contributed by atoms with van der Waals surface area (Å²) >= 11 is 0.938. The molecule has 0 heterocycles. The minimum absolute atomic E-state index is 0.334. The van der Waals surface area contributed by atoms with Gasteiger partial charge in [0.2, 0.25) is 6.29 Å². The molecular formula is C10H19NO4S. The van der Waals surface area contributed by atoms with E-state index in [0.29, 0.717) is 13.0 Å². The highest BCUT2D eigenvalue weighted by Gasteiger charge is 2.12. The molecule has 0 aliphatic heterocycles. The standard InChI is InChI=1S/C10H19NO4S/c1-8(15-10(13)16-2)14-9(12)6-4-3-5-7-11/h8H,3-7,11H2,1-2H3. The zero-order chi connectivity index (χ0) is 12.4. The second-order valence-electron chi connectivity index (χ2n) is 3.23. The highest BCUT2D eigenvalue weighted by molar-refractivity contribution is 8.12. The lowest BCUT2D eigenvalue weighted by atomic mass is 10.2. The molecular weight excluding hydrogens is 230 g/mol. The summed E-state index contributed by atoms with van der Waals surface area (Å²) in [7, 11) is 0. The number of ether oxygens (including phenoxy) is 2. The Hall–Kier alpha value is -0.750. The molecule has 0 saturated carbocycles. The van der Waals surface area contributed by atoms with Crippen LogP contribution in [-0.2, 0) is 14.3 Å². The van der Waals surface area contributed by atoms with E-state index in [1.807, 2.05) is 0 Å². The van der Waals surface area contributed by atoms with Gasteiger partial charge in [0.25, 0.3) is 0 Å². The fraction of sp³-hybridized carbons (Fsp3) is 0.800. The van der Waals surface area contributed by atoms with E-state index in [9.17, 15) is 9.59 Å². The fourth-order valence-electron chi connectivity index (χ4n) is 1.04. The highest BCUT2D eigenvalue weighted by Crippen LogP contribution is 2.07. The van der Waals surface area contributed by atoms with Crippen molar-refractivity contribution in [1.82, 2.24) is 0 Å². The summed E-state index contributed by atoms with van der Waals surface area (Å²) < 4.78 is 9.64. The van der Waals surface area contributed by atoms with Crippen LogP contribution in [0.25, 0.3) is 0 Å². The average molecular weight is 249 g/mol. The van der Waals surface area contributed by atoms with Gasteiger partial charge in [0.15, 0.2) is 0 Å². The molecule has 2 N–H and O–H groups in total. The van der Waals surface area contributed by atoms with E-state index in [-0.39, 0.29) is 5.97 Å². The molecule has 0 aliphatic rings. The maximum Gasteiger partial charge on any atom is 0.370 e. The lowest BCUT2D eigenvalue weighted by Gasteiger charge is -2.12. The van der Waals surface area contributed by atoms with Crippen LogP contribution in [0.4, 0.5) is 4.79 Å². The van der Waals surface area contributed by atoms with Gasteiger partial charge in [-0.05, 0) is 37.4 Å². The van der Waals surface area contributed by atoms with Crippen LogP contribution < -0.4 is 5.73 Å². The van der Waals surface area contributed by atoms with Crippen molar-refractivity contribution < 1.29 is 19.1 Å². The Balaban J connectivity index is 3.58. The Labute approximate surface area is 100 Å². The van der Waals surface area contributed by atoms with Crippen LogP contribution in [0.5, 0.6) is 0 Å². The van der Waals surface area contributed by atoms with Crippen molar-refractivity contribution in [3.05, 3.63) is 0 Å². The van der Waals surface area contributed by atoms with Gasteiger partial charge in [0, 0.05) is 13.3 Å². The number of carbonyl (C=O) groups is 2. The van der Waals surface area contributed by atoms with E-state index >= 15 is 0 Å². The van der Waals surface area contributed by atoms with Crippen LogP contribution in [0.3, 0.4) is 0 Å². The van der Waals surface area contributed by atoms with Crippen molar-refractivity contribution in [2.24, 2.45) is 5.73 Å². The molecule has 0 amide bonds. The Bertz CT molecular complexity index is 223. The summed E-state index contributed by atoms with van der Waals surface area (Å²) in [6.45, 7) is 2.16. The van der Waals surface area contributed by atoms with Gasteiger partial charge in [-0.25, -0.2) is 4.79 Å². The second-order valence-corrected chi connectivity index (χ2v) is 3.97. The van der Waals surface area contributed by atoms with Gasteiger partial charge in [-0.3, -0.25) is 4.79 Å². The van der Waals surface area contributed by atoms with Gasteiger partial charge in [-0.2, -0.15) is 0 Å². The molecule has 0 fully saturated rings. The summed E-state index contributed by atoms with van der Waals surface area (Å²) in [6.07, 6.45) is 3.68. The van der Waals surface area contributed by atoms with Crippen LogP contribution in [0.1, 0.15) is 32.6 Å². The van der Waals surface area contributed by atoms with E-state index in [1.54, 1.807) is 6.26 Å². The summed E-state index contributed by atoms with van der Waals surface area (Å²) in [5, 5.41) is -0.455. The van der Waals surface area contributed by atoms with Crippen molar-refractivity contribution in [3.63, 3.8) is 0 Å². The molecule has 0 saturated heterocycles. The molecule has 16 heavy (non-hydrogen) atoms. The largest absolute Gasteiger partial charge is 0.425 e. The summed E-state index contributed by atoms with van der Waals surface area (Å²) in [5.74, 6) is -0.349. The van der Waals surface area contributed by atoms with E-state index < -0.39 is 11.6 Å². The van der Waals surface area contributed by atoms with Gasteiger partial charge in [-0.1, -0.05) is 6.42 Å². The molecule has 0 aromatic carbocycles. The van der Waals surface area contributed by atoms with Gasteiger partial charge in [0.1, 0.15) is 0 Å². The van der Waals surface area contributed by atoms with E-state index in [4.69, 9.17) is 15.2 Å². The molecule has 0 radical (unpaired) electrons. The predicted molar refractivity (Wildman–Crippen MR) is 63.1 cm³/mol. The van der Waals surface area contributed by atoms with E-state index in [1.165, 1.54) is 6.92 Å². The SMILES string of the molecule is CSC(=O)OC(C)OC(=O)CCCCCN. The first-order chi connectivity index (χ1) is 7.60. The Morgan fingerprint density at radius 1 is 1.25 bits per heavy atom. The minimum Gasteiger partial charge on any atom is -0.425 e. The number of hydrogen-bond donors (Lipinski definition) is 1. The van der Waals surface area contributed by atoms with E-state index in [2.05, 4.69) is 0 Å². The first-order valence-electron chi connectivity index (χ1n) is 5.24. The zero-order valence-electron chi connectivity index (χ0n) is 9.73. The maximum atomic E-state index is 11.2. The molecule has 0 rings (SSSR count). The summed E-state index contributed by atoms with van der Waals surface area (Å²) in [4.78, 5) is 22.1. The molecule has 0 aliphatic carbocycles. The van der Waals surface area contributed by atoms with Gasteiger partial charge in [-0.15, -0.1) is 0 Å². The number of carbonyl (C=O) groups excluding carboxylic acids is 2. The lowest BCUT2D eigenvalue weighted by Crippen LogP contribution is -2.19. The van der Waals surface area contributed by atoms with Crippen LogP contribution in [-0.4, -0.2) is 30.4 Å². The second kappa shape index (κ2) is 9.47. The smallest absolute Gasteiger partial charge is 0.370 e. The Kier molecular flexibility index (Phi) is 9.03. The van der Waals surface area contributed by atoms with E-state index in [0.717, 1.165) is 31.0 Å². The molecule has 0 bridgehead atoms. The maximum absolute atomic E-state index is 11.2. The van der Waals surface area contributed by atoms with Crippen LogP contribution >= 0.6 is 11.8 Å². The Morgan fingerprint density at radius 2 is 1.94 bits per heavy atom. The monoisotopic (exact) mass is 249 g/mol. The molecule has 5 nitrogen and oxygen atoms in total. The van der Waals surface area contributed by atoms with Gasteiger partial charge < -0.3 is 15.2 Å². The summed E-state index contributed by atoms with van der Waals surface area (Å²) in [5.41, 5.74) is 5.32. The topological polar surface area (TPSA) is 78.6 Å². The van der Waals surface area contributed by atoms with Gasteiger partial charge >= 0.3 is 11.3 Å². The summed E-state index contributed by atoms with van der Waals surface area (Å²) in [6, 6.07) is 0. The first kappa shape index (κ1) is 15.2. The number of hydrogen-bond acceptors (Lipinski definition) is 6. The number of thioether (sulfide) groups is 1. The fourth-order valence-corrected chi connectivity index (χ4v) is 1.27. The van der Waals surface area contributed by atoms with Gasteiger partial charge in [0.05, 0.1) is 0 Å². The van der Waals surface area contributed by atoms with Crippen molar-refractivity contribution >= 4 is 23.0 Å². The van der Waals surface area contributed by atoms with Crippen molar-refractivity contribution in [3.8, 4) is 0 Å². The third-order valence-corrected chi connectivity index (χ3v) is 2.24. The predicted octanol–water partition coefficient (Wildman–Crippen LogP) is 1.89. The van der Waals surface area contributed by atoms with Crippen molar-refractivity contribution in [2.75, 3.05) is 12.8 Å². The average Bonchev–Trinajstić information content (AvgIpc) is 2.24. The van der Waals surface area contributed by atoms with Crippen LogP contribution in [0.2, 0.25) is 0 Å². The third-order valence-electron chi connectivity index (χ3n) is 1.81. The number of nitrogens with two attached hydrogens (primary N) is 1. The van der Waals surface area contributed by atoms with Crippen molar-refractivity contribution in [2.45, 2.75) is 38.9 Å². The Morgan fingerprint density at radius 3 is 2.50 bits per heavy atom. The lowest BCUT2D eigenvalue weighted by molar-refractivity contribution is -0.163. The van der Waals surface area contributed by atoms with Crippen molar-refractivity contribution in [1.29, 1.82) is 0 Å². The number of unbranched alkanes of at least 4 members (excludes halogenated alkanes) is 2. The molecule has 0 aromatic heterocycles. The zero-order valence-corrected chi connectivity index (χ0v) is 10.5. The third kappa shape index (κ3) is 8.55. The van der Waals surface area contributed by atoms with Crippen LogP contribution in [0, 0.1) is 0 Å². The first-order valence-corrected chi connectivity index (χ1v) is 6.46.